The second-order valence-corrected chi connectivity index (χ2v) is 21.0. The number of H-pyrrole nitrogens is 1. The summed E-state index contributed by atoms with van der Waals surface area (Å²) >= 11 is 5.25. The first kappa shape index (κ1) is 92.1. The lowest BCUT2D eigenvalue weighted by atomic mass is 10.0. The van der Waals surface area contributed by atoms with Crippen molar-refractivity contribution in [3.63, 3.8) is 0 Å². The highest BCUT2D eigenvalue weighted by Crippen LogP contribution is 2.18. The topological polar surface area (TPSA) is 635 Å². The van der Waals surface area contributed by atoms with Crippen LogP contribution >= 0.6 is 24.4 Å². The first-order valence-electron chi connectivity index (χ1n) is 27.1. The van der Waals surface area contributed by atoms with E-state index in [1.54, 1.807) is 25.6 Å². The number of aliphatic carboxylic acids is 10. The van der Waals surface area contributed by atoms with Crippen molar-refractivity contribution in [2.24, 2.45) is 69.4 Å². The maximum atomic E-state index is 10.6. The Bertz CT molecular complexity index is 2410. The highest BCUT2D eigenvalue weighted by atomic mass is 32.2. The summed E-state index contributed by atoms with van der Waals surface area (Å²) in [5.74, 6) is -7.80. The summed E-state index contributed by atoms with van der Waals surface area (Å²) in [6, 6.07) is 10.9. The molecule has 2 aromatic carbocycles. The van der Waals surface area contributed by atoms with Gasteiger partial charge in [0.25, 0.3) is 0 Å². The lowest BCUT2D eigenvalue weighted by Gasteiger charge is -2.11. The van der Waals surface area contributed by atoms with E-state index in [4.69, 9.17) is 96.9 Å². The minimum absolute atomic E-state index is 0.0208. The van der Waals surface area contributed by atoms with E-state index in [9.17, 15) is 47.9 Å². The molecule has 0 amide bonds. The van der Waals surface area contributed by atoms with Crippen molar-refractivity contribution in [3.8, 4) is 0 Å². The van der Waals surface area contributed by atoms with E-state index in [0.29, 0.717) is 31.6 Å². The van der Waals surface area contributed by atoms with Crippen LogP contribution in [0.3, 0.4) is 0 Å². The number of fused-ring (bicyclic) bond motifs is 1. The van der Waals surface area contributed by atoms with Gasteiger partial charge >= 0.3 is 59.7 Å². The highest BCUT2D eigenvalue weighted by molar-refractivity contribution is 7.98. The molecule has 10 atom stereocenters. The molecule has 4 rings (SSSR count). The Labute approximate surface area is 522 Å². The smallest absolute Gasteiger partial charge is 0.321 e. The molecule has 1 fully saturated rings. The second-order valence-electron chi connectivity index (χ2n) is 19.6. The summed E-state index contributed by atoms with van der Waals surface area (Å²) in [5.41, 5.74) is 48.9. The molecule has 506 valence electrons. The maximum absolute atomic E-state index is 10.6. The number of hydrogen-bond donors (Lipinski definition) is 22. The van der Waals surface area contributed by atoms with Gasteiger partial charge in [-0.15, -0.1) is 0 Å². The van der Waals surface area contributed by atoms with E-state index < -0.39 is 108 Å². The lowest BCUT2D eigenvalue weighted by molar-refractivity contribution is -0.140. The number of para-hydroxylation sites is 1. The third-order valence-corrected chi connectivity index (χ3v) is 12.1. The highest BCUT2D eigenvalue weighted by Gasteiger charge is 2.21. The molecule has 31 nitrogen and oxygen atoms in total. The van der Waals surface area contributed by atoms with Crippen LogP contribution in [0.4, 0.5) is 0 Å². The number of nitrogens with one attached hydrogen (secondary N) is 2. The van der Waals surface area contributed by atoms with Crippen molar-refractivity contribution in [1.29, 1.82) is 0 Å². The number of rotatable bonds is 23. The average molecular weight is 1300 g/mol. The summed E-state index contributed by atoms with van der Waals surface area (Å²) in [6.45, 7) is 13.2. The summed E-state index contributed by atoms with van der Waals surface area (Å²) in [7, 11) is 0. The van der Waals surface area contributed by atoms with Crippen LogP contribution in [-0.2, 0) is 60.8 Å². The molecule has 1 aromatic heterocycles. The monoisotopic (exact) mass is 1300 g/mol. The molecule has 33 heteroatoms. The van der Waals surface area contributed by atoms with Crippen LogP contribution in [0.25, 0.3) is 10.9 Å². The Kier molecular flexibility index (Phi) is 57.9. The molecule has 1 saturated heterocycles. The number of carbonyl (C=O) groups is 10. The molecule has 88 heavy (non-hydrogen) atoms. The third kappa shape index (κ3) is 54.4. The van der Waals surface area contributed by atoms with Gasteiger partial charge in [-0.2, -0.15) is 24.4 Å². The number of aromatic nitrogens is 1. The number of thiol groups is 1. The van der Waals surface area contributed by atoms with Crippen LogP contribution in [0.15, 0.2) is 60.8 Å². The van der Waals surface area contributed by atoms with Gasteiger partial charge in [0.2, 0.25) is 0 Å². The van der Waals surface area contributed by atoms with E-state index in [-0.39, 0.29) is 30.2 Å². The minimum Gasteiger partial charge on any atom is -0.480 e. The van der Waals surface area contributed by atoms with Crippen LogP contribution in [0.2, 0.25) is 0 Å². The van der Waals surface area contributed by atoms with Crippen LogP contribution in [0.5, 0.6) is 0 Å². The van der Waals surface area contributed by atoms with Crippen LogP contribution in [0.1, 0.15) is 91.7 Å². The van der Waals surface area contributed by atoms with E-state index in [0.717, 1.165) is 53.6 Å². The Morgan fingerprint density at radius 3 is 1.30 bits per heavy atom. The average Bonchev–Trinajstić information content (AvgIpc) is 4.24. The molecule has 0 aliphatic carbocycles. The lowest BCUT2D eigenvalue weighted by Crippen LogP contribution is -2.36. The Hall–Kier alpha value is -7.02. The van der Waals surface area contributed by atoms with E-state index >= 15 is 0 Å². The van der Waals surface area contributed by atoms with Gasteiger partial charge < -0.3 is 113 Å². The molecule has 1 aliphatic heterocycles. The molecule has 0 radical (unpaired) electrons. The van der Waals surface area contributed by atoms with Crippen molar-refractivity contribution in [2.75, 3.05) is 30.9 Å². The van der Waals surface area contributed by atoms with Crippen molar-refractivity contribution in [2.45, 2.75) is 148 Å². The maximum Gasteiger partial charge on any atom is 0.321 e. The van der Waals surface area contributed by atoms with Gasteiger partial charge in [0.1, 0.15) is 54.4 Å². The van der Waals surface area contributed by atoms with Crippen LogP contribution in [-0.4, -0.2) is 201 Å². The van der Waals surface area contributed by atoms with E-state index in [1.165, 1.54) is 6.92 Å². The van der Waals surface area contributed by atoms with Gasteiger partial charge in [0.05, 0.1) is 6.54 Å². The predicted molar refractivity (Wildman–Crippen MR) is 339 cm³/mol. The Morgan fingerprint density at radius 1 is 0.591 bits per heavy atom. The summed E-state index contributed by atoms with van der Waals surface area (Å²) in [5, 5.41) is 86.1. The fourth-order valence-electron chi connectivity index (χ4n) is 5.31. The van der Waals surface area contributed by atoms with Crippen molar-refractivity contribution >= 4 is 95.0 Å². The van der Waals surface area contributed by atoms with Gasteiger partial charge in [-0.3, -0.25) is 47.9 Å². The molecular formula is C55H99N11O20S2. The van der Waals surface area contributed by atoms with Gasteiger partial charge in [-0.25, -0.2) is 0 Å². The third-order valence-electron chi connectivity index (χ3n) is 11.0. The minimum atomic E-state index is -1.00. The zero-order valence-corrected chi connectivity index (χ0v) is 52.8. The van der Waals surface area contributed by atoms with Gasteiger partial charge in [-0.1, -0.05) is 96.5 Å². The Balaban J connectivity index is -0.000000216. The first-order valence-corrected chi connectivity index (χ1v) is 29.1. The molecule has 1 aliphatic rings. The SMILES string of the molecule is CC(C)C(N)C(=O)O.CC(C)CC(N)C(=O)O.CC(N)C(=O)O.CCC(C)C(N)C(=O)O.CSCCC(N)C(=O)O.NC(CS)C(=O)O.NC(Cc1c[nH]c2ccccc12)C(=O)O.NC(Cc1ccccc1)C(=O)O.NCC(=O)O.O=C(O)[C@@H]1CCCN1. The van der Waals surface area contributed by atoms with E-state index in [2.05, 4.69) is 28.7 Å². The molecule has 30 N–H and O–H groups in total. The Morgan fingerprint density at radius 2 is 1.02 bits per heavy atom. The van der Waals surface area contributed by atoms with Crippen molar-refractivity contribution in [1.82, 2.24) is 10.3 Å². The molecule has 0 saturated carbocycles. The van der Waals surface area contributed by atoms with Gasteiger partial charge in [-0.05, 0) is 92.5 Å². The number of thioether (sulfide) groups is 1. The van der Waals surface area contributed by atoms with Crippen LogP contribution in [0, 0.1) is 17.8 Å². The molecule has 2 heterocycles. The molecule has 3 aromatic rings. The number of aromatic amines is 1. The molecule has 0 spiro atoms. The quantitative estimate of drug-likeness (QED) is 0.0573. The fraction of sp³-hybridized carbons (Fsp3) is 0.564. The number of carboxylic acids is 10. The van der Waals surface area contributed by atoms with Gasteiger partial charge in [0.15, 0.2) is 0 Å². The first-order chi connectivity index (χ1) is 40.6. The largest absolute Gasteiger partial charge is 0.480 e. The number of nitrogens with two attached hydrogens (primary N) is 9. The number of hydrogen-bond acceptors (Lipinski definition) is 22. The van der Waals surface area contributed by atoms with E-state index in [1.807, 2.05) is 94.7 Å². The summed E-state index contributed by atoms with van der Waals surface area (Å²) in [6.07, 6.45) is 8.17. The zero-order valence-electron chi connectivity index (χ0n) is 51.1. The summed E-state index contributed by atoms with van der Waals surface area (Å²) in [4.78, 5) is 103. The number of carboxylic acid groups (broad SMARTS) is 10. The molecular weight excluding hydrogens is 1200 g/mol. The second kappa shape index (κ2) is 55.3. The number of benzene rings is 2. The van der Waals surface area contributed by atoms with Crippen LogP contribution < -0.4 is 56.9 Å². The van der Waals surface area contributed by atoms with Crippen molar-refractivity contribution in [3.05, 3.63) is 71.9 Å². The fourth-order valence-corrected chi connectivity index (χ4v) is 5.96. The molecule has 9 unspecified atom stereocenters. The standard InChI is InChI=1S/C11H12N2O2.C9H11NO2.2C6H13NO2.C5H11NO2S.C5H9NO2.C5H11NO2.C3H7NO2S.C3H7NO2.C2H5NO2/c12-9(11(14)15)5-7-6-13-10-4-2-1-3-8(7)10;10-8(9(11)12)6-7-4-2-1-3-5-7;1-4(2)3-5(7)6(8)9;1-3-4(2)5(7)6(8)9;1-9-3-2-4(6)5(7)8;7-5(8)4-2-1-3-6-4;1-3(2)4(6)5(7)8;4-2(1-7)3(5)6;1-2(4)3(5)6;3-1-2(4)5/h1-4,6,9,13H,5,12H2,(H,14,15);1-5,8H,6,10H2,(H,11,12);2*4-5H,3,7H2,1-2H3,(H,8,9);4H,2-3,6H2,1H3,(H,7,8);4,6H,1-3H2,(H,7,8);3-4H,6H2,1-2H3,(H,7,8);2,7H,1,4H2,(H,5,6);2H,4H2,1H3,(H,5,6);1,3H2,(H,4,5)/t;;;;;4-;;;;/m.....0..../s1. The normalized spacial score (nSPS) is 14.6. The van der Waals surface area contributed by atoms with Crippen molar-refractivity contribution < 1.29 is 99.0 Å². The molecule has 0 bridgehead atoms. The van der Waals surface area contributed by atoms with Gasteiger partial charge in [0, 0.05) is 29.3 Å². The predicted octanol–water partition coefficient (Wildman–Crippen LogP) is 0.457. The zero-order chi connectivity index (χ0) is 70.0. The summed E-state index contributed by atoms with van der Waals surface area (Å²) < 4.78 is 0.